The molecule has 202 valence electrons. The van der Waals surface area contributed by atoms with Gasteiger partial charge in [-0.25, -0.2) is 15.0 Å². The predicted octanol–water partition coefficient (Wildman–Crippen LogP) is 6.39. The van der Waals surface area contributed by atoms with Gasteiger partial charge in [-0.3, -0.25) is 0 Å². The Balaban J connectivity index is 1.49. The van der Waals surface area contributed by atoms with E-state index in [2.05, 4.69) is 33.4 Å². The second kappa shape index (κ2) is 9.95. The van der Waals surface area contributed by atoms with Crippen LogP contribution < -0.4 is 19.7 Å². The number of para-hydroxylation sites is 2. The van der Waals surface area contributed by atoms with Gasteiger partial charge in [0.1, 0.15) is 11.5 Å². The standard InChI is InChI=1S/C32H27N7O2/c1-20-28-29(21-10-8-12-23(18-21)40-2)38-26-15-5-4-14-25(26)35-30(34-22-11-9-13-24(19-22)41-3)32(38)36-31(28)39(37-20)27-16-6-7-17-33-27/h4-19,29H,1-3H3,(H,34,35)/t29-/m1/s1. The fourth-order valence-electron chi connectivity index (χ4n) is 5.40. The van der Waals surface area contributed by atoms with E-state index in [1.165, 1.54) is 0 Å². The van der Waals surface area contributed by atoms with Gasteiger partial charge in [0.25, 0.3) is 0 Å². The monoisotopic (exact) mass is 541 g/mol. The summed E-state index contributed by atoms with van der Waals surface area (Å²) in [5, 5.41) is 8.45. The highest BCUT2D eigenvalue weighted by Gasteiger charge is 2.41. The van der Waals surface area contributed by atoms with Crippen molar-refractivity contribution in [3.63, 3.8) is 0 Å². The molecule has 0 radical (unpaired) electrons. The van der Waals surface area contributed by atoms with Crippen LogP contribution in [-0.2, 0) is 0 Å². The average Bonchev–Trinajstić information content (AvgIpc) is 3.36. The van der Waals surface area contributed by atoms with Gasteiger partial charge in [0.05, 0.1) is 37.3 Å². The Morgan fingerprint density at radius 3 is 2.39 bits per heavy atom. The van der Waals surface area contributed by atoms with Crippen molar-refractivity contribution in [3.8, 4) is 17.3 Å². The molecule has 0 saturated heterocycles. The van der Waals surface area contributed by atoms with E-state index in [0.717, 1.165) is 45.4 Å². The minimum atomic E-state index is -0.260. The molecule has 0 bridgehead atoms. The lowest BCUT2D eigenvalue weighted by Gasteiger charge is -2.40. The fraction of sp³-hybridized carbons (Fsp3) is 0.125. The summed E-state index contributed by atoms with van der Waals surface area (Å²) in [7, 11) is 3.34. The number of aliphatic imine (C=N–C) groups is 2. The third-order valence-electron chi connectivity index (χ3n) is 7.25. The van der Waals surface area contributed by atoms with Gasteiger partial charge in [0.15, 0.2) is 23.3 Å². The topological polar surface area (TPSA) is 89.2 Å². The first kappa shape index (κ1) is 24.6. The largest absolute Gasteiger partial charge is 0.497 e. The molecule has 2 aliphatic heterocycles. The van der Waals surface area contributed by atoms with E-state index in [0.29, 0.717) is 23.3 Å². The minimum absolute atomic E-state index is 0.260. The summed E-state index contributed by atoms with van der Waals surface area (Å²) in [6, 6.07) is 29.5. The van der Waals surface area contributed by atoms with Crippen LogP contribution in [0, 0.1) is 6.92 Å². The maximum Gasteiger partial charge on any atom is 0.179 e. The predicted molar refractivity (Wildman–Crippen MR) is 161 cm³/mol. The van der Waals surface area contributed by atoms with Crippen molar-refractivity contribution in [2.75, 3.05) is 24.4 Å². The van der Waals surface area contributed by atoms with Crippen LogP contribution >= 0.6 is 0 Å². The molecule has 4 heterocycles. The number of ether oxygens (including phenoxy) is 2. The molecule has 0 aliphatic carbocycles. The molecule has 9 nitrogen and oxygen atoms in total. The number of nitrogens with one attached hydrogen (secondary N) is 1. The summed E-state index contributed by atoms with van der Waals surface area (Å²) in [4.78, 5) is 17.1. The average molecular weight is 542 g/mol. The van der Waals surface area contributed by atoms with Crippen molar-refractivity contribution < 1.29 is 9.47 Å². The lowest BCUT2D eigenvalue weighted by atomic mass is 9.93. The summed E-state index contributed by atoms with van der Waals surface area (Å²) in [6.45, 7) is 2.02. The number of aromatic nitrogens is 3. The number of hydrogen-bond donors (Lipinski definition) is 1. The van der Waals surface area contributed by atoms with Gasteiger partial charge in [-0.1, -0.05) is 36.4 Å². The van der Waals surface area contributed by atoms with Gasteiger partial charge in [0, 0.05) is 23.5 Å². The van der Waals surface area contributed by atoms with Crippen LogP contribution in [0.2, 0.25) is 0 Å². The summed E-state index contributed by atoms with van der Waals surface area (Å²) < 4.78 is 12.9. The van der Waals surface area contributed by atoms with Crippen molar-refractivity contribution in [1.29, 1.82) is 0 Å². The number of pyridine rings is 1. The normalized spacial score (nSPS) is 15.2. The van der Waals surface area contributed by atoms with Crippen molar-refractivity contribution >= 4 is 34.6 Å². The van der Waals surface area contributed by atoms with Crippen LogP contribution in [0.4, 0.5) is 22.9 Å². The van der Waals surface area contributed by atoms with Crippen molar-refractivity contribution in [3.05, 3.63) is 114 Å². The Labute approximate surface area is 237 Å². The smallest absolute Gasteiger partial charge is 0.179 e. The molecule has 1 N–H and O–H groups in total. The first-order valence-corrected chi connectivity index (χ1v) is 13.3. The molecular weight excluding hydrogens is 514 g/mol. The molecule has 9 heteroatoms. The quantitative estimate of drug-likeness (QED) is 0.277. The van der Waals surface area contributed by atoms with E-state index >= 15 is 0 Å². The maximum absolute atomic E-state index is 5.64. The summed E-state index contributed by atoms with van der Waals surface area (Å²) in [5.74, 6) is 4.20. The van der Waals surface area contributed by atoms with Crippen LogP contribution in [-0.4, -0.2) is 40.7 Å². The zero-order chi connectivity index (χ0) is 27.9. The Morgan fingerprint density at radius 1 is 0.805 bits per heavy atom. The number of aryl methyl sites for hydroxylation is 1. The van der Waals surface area contributed by atoms with E-state index in [9.17, 15) is 0 Å². The number of fused-ring (bicyclic) bond motifs is 4. The maximum atomic E-state index is 5.64. The molecule has 0 amide bonds. The molecule has 1 atom stereocenters. The van der Waals surface area contributed by atoms with E-state index in [4.69, 9.17) is 24.6 Å². The molecule has 7 rings (SSSR count). The van der Waals surface area contributed by atoms with Crippen LogP contribution in [0.25, 0.3) is 5.82 Å². The molecule has 0 saturated carbocycles. The van der Waals surface area contributed by atoms with Crippen molar-refractivity contribution in [2.24, 2.45) is 9.98 Å². The third-order valence-corrected chi connectivity index (χ3v) is 7.25. The number of nitrogens with zero attached hydrogens (tertiary/aromatic N) is 6. The summed E-state index contributed by atoms with van der Waals surface area (Å²) in [5.41, 5.74) is 5.52. The number of anilines is 2. The number of rotatable bonds is 5. The van der Waals surface area contributed by atoms with Crippen LogP contribution in [0.5, 0.6) is 11.5 Å². The molecule has 0 spiro atoms. The molecule has 5 aromatic rings. The Morgan fingerprint density at radius 2 is 1.59 bits per heavy atom. The lowest BCUT2D eigenvalue weighted by Crippen LogP contribution is -2.46. The van der Waals surface area contributed by atoms with Gasteiger partial charge in [-0.2, -0.15) is 9.78 Å². The van der Waals surface area contributed by atoms with E-state index in [1.54, 1.807) is 20.4 Å². The highest BCUT2D eigenvalue weighted by molar-refractivity contribution is 6.51. The highest BCUT2D eigenvalue weighted by Crippen LogP contribution is 2.48. The third kappa shape index (κ3) is 4.19. The molecule has 2 aliphatic rings. The van der Waals surface area contributed by atoms with Crippen molar-refractivity contribution in [2.45, 2.75) is 13.0 Å². The van der Waals surface area contributed by atoms with Gasteiger partial charge in [0.2, 0.25) is 0 Å². The van der Waals surface area contributed by atoms with Gasteiger partial charge >= 0.3 is 0 Å². The Hall–Kier alpha value is -5.44. The Kier molecular flexibility index (Phi) is 5.96. The zero-order valence-corrected chi connectivity index (χ0v) is 22.8. The number of hydrogen-bond acceptors (Lipinski definition) is 8. The second-order valence-corrected chi connectivity index (χ2v) is 9.71. The second-order valence-electron chi connectivity index (χ2n) is 9.71. The lowest BCUT2D eigenvalue weighted by molar-refractivity contribution is 0.414. The fourth-order valence-corrected chi connectivity index (χ4v) is 5.40. The molecule has 3 aromatic carbocycles. The number of methoxy groups -OCH3 is 2. The van der Waals surface area contributed by atoms with E-state index in [1.807, 2.05) is 84.4 Å². The highest BCUT2D eigenvalue weighted by atomic mass is 16.5. The van der Waals surface area contributed by atoms with Crippen LogP contribution in [0.15, 0.2) is 107 Å². The van der Waals surface area contributed by atoms with Gasteiger partial charge < -0.3 is 19.7 Å². The minimum Gasteiger partial charge on any atom is -0.497 e. The van der Waals surface area contributed by atoms with E-state index < -0.39 is 0 Å². The first-order valence-electron chi connectivity index (χ1n) is 13.3. The summed E-state index contributed by atoms with van der Waals surface area (Å²) >= 11 is 0. The summed E-state index contributed by atoms with van der Waals surface area (Å²) in [6.07, 6.45) is 1.76. The molecule has 41 heavy (non-hydrogen) atoms. The number of amidine groups is 2. The Bertz CT molecular complexity index is 1830. The van der Waals surface area contributed by atoms with Crippen LogP contribution in [0.1, 0.15) is 22.9 Å². The number of benzene rings is 3. The van der Waals surface area contributed by atoms with Gasteiger partial charge in [-0.05, 0) is 61.0 Å². The molecule has 2 aromatic heterocycles. The molecule has 0 unspecified atom stereocenters. The van der Waals surface area contributed by atoms with Gasteiger partial charge in [-0.15, -0.1) is 0 Å². The zero-order valence-electron chi connectivity index (χ0n) is 22.8. The SMILES string of the molecule is COc1cccc(NC2=Nc3ccccc3N3C2=Nc2c(c(C)nn2-c2ccccn2)[C@H]3c2cccc(OC)c2)c1. The van der Waals surface area contributed by atoms with E-state index in [-0.39, 0.29) is 6.04 Å². The molecule has 0 fully saturated rings. The first-order chi connectivity index (χ1) is 20.1. The molecular formula is C32H27N7O2. The van der Waals surface area contributed by atoms with Crippen molar-refractivity contribution in [1.82, 2.24) is 14.8 Å². The van der Waals surface area contributed by atoms with Crippen LogP contribution in [0.3, 0.4) is 0 Å².